The molecule has 1 amide bonds. The van der Waals surface area contributed by atoms with Gasteiger partial charge in [-0.1, -0.05) is 25.0 Å². The molecule has 30 heavy (non-hydrogen) atoms. The molecule has 1 aliphatic rings. The van der Waals surface area contributed by atoms with Crippen LogP contribution in [0.1, 0.15) is 36.0 Å². The van der Waals surface area contributed by atoms with Crippen LogP contribution in [0.5, 0.6) is 0 Å². The Morgan fingerprint density at radius 2 is 1.70 bits per heavy atom. The van der Waals surface area contributed by atoms with Crippen LogP contribution in [0.3, 0.4) is 0 Å². The molecule has 1 N–H and O–H groups in total. The summed E-state index contributed by atoms with van der Waals surface area (Å²) in [4.78, 5) is 13.9. The smallest absolute Gasteiger partial charge is 0.256 e. The van der Waals surface area contributed by atoms with Crippen LogP contribution < -0.4 is 5.32 Å². The molecule has 1 fully saturated rings. The van der Waals surface area contributed by atoms with Gasteiger partial charge in [0.05, 0.1) is 17.1 Å². The van der Waals surface area contributed by atoms with Gasteiger partial charge in [-0.05, 0) is 49.2 Å². The van der Waals surface area contributed by atoms with Gasteiger partial charge in [0, 0.05) is 36.5 Å². The Morgan fingerprint density at radius 1 is 1.03 bits per heavy atom. The normalized spacial score (nSPS) is 15.5. The topological polar surface area (TPSA) is 75.7 Å². The molecular weight excluding hydrogens is 420 g/mol. The van der Waals surface area contributed by atoms with Crippen LogP contribution >= 0.6 is 11.8 Å². The lowest BCUT2D eigenvalue weighted by Gasteiger charge is -2.20. The van der Waals surface area contributed by atoms with E-state index in [0.717, 1.165) is 36.3 Å². The number of thioether (sulfide) groups is 1. The molecule has 0 spiro atoms. The summed E-state index contributed by atoms with van der Waals surface area (Å²) in [7, 11) is -1.85. The van der Waals surface area contributed by atoms with Gasteiger partial charge in [0.1, 0.15) is 0 Å². The number of hydrogen-bond acceptors (Lipinski definition) is 5. The Labute approximate surface area is 183 Å². The number of carbonyl (C=O) groups is 1. The highest BCUT2D eigenvalue weighted by Crippen LogP contribution is 2.25. The van der Waals surface area contributed by atoms with E-state index >= 15 is 0 Å². The fraction of sp³-hybridized carbons (Fsp3) is 0.409. The van der Waals surface area contributed by atoms with E-state index in [1.54, 1.807) is 53.5 Å². The van der Waals surface area contributed by atoms with E-state index in [1.165, 1.54) is 0 Å². The summed E-state index contributed by atoms with van der Waals surface area (Å²) in [5.74, 6) is 0.530. The number of amides is 1. The van der Waals surface area contributed by atoms with Gasteiger partial charge in [0.15, 0.2) is 0 Å². The summed E-state index contributed by atoms with van der Waals surface area (Å²) in [6, 6.07) is 13.8. The van der Waals surface area contributed by atoms with Crippen molar-refractivity contribution in [3.63, 3.8) is 0 Å². The molecule has 6 nitrogen and oxygen atoms in total. The number of benzene rings is 2. The molecule has 0 unspecified atom stereocenters. The minimum absolute atomic E-state index is 0.223. The first-order valence-electron chi connectivity index (χ1n) is 10.1. The molecule has 1 aliphatic heterocycles. The highest BCUT2D eigenvalue weighted by Gasteiger charge is 2.25. The number of methoxy groups -OCH3 is 1. The van der Waals surface area contributed by atoms with E-state index < -0.39 is 10.0 Å². The minimum atomic E-state index is -3.50. The van der Waals surface area contributed by atoms with Gasteiger partial charge >= 0.3 is 0 Å². The average molecular weight is 449 g/mol. The van der Waals surface area contributed by atoms with Crippen molar-refractivity contribution in [3.05, 3.63) is 54.1 Å². The second-order valence-corrected chi connectivity index (χ2v) is 10.2. The maximum Gasteiger partial charge on any atom is 0.256 e. The number of nitrogens with zero attached hydrogens (tertiary/aromatic N) is 1. The highest BCUT2D eigenvalue weighted by atomic mass is 32.2. The van der Waals surface area contributed by atoms with Crippen LogP contribution in [-0.4, -0.2) is 51.2 Å². The molecule has 0 aromatic heterocycles. The molecule has 0 aliphatic carbocycles. The van der Waals surface area contributed by atoms with E-state index in [2.05, 4.69) is 5.32 Å². The standard InChI is InChI=1S/C22H28N2O4S2/c1-28-16-17-29-21-9-5-4-8-20(21)22(25)23-18-10-12-19(13-11-18)30(26,27)24-14-6-2-3-7-15-24/h4-5,8-13H,2-3,6-7,14-17H2,1H3,(H,23,25). The lowest BCUT2D eigenvalue weighted by Crippen LogP contribution is -2.31. The summed E-state index contributed by atoms with van der Waals surface area (Å²) in [5, 5.41) is 2.87. The van der Waals surface area contributed by atoms with Crippen molar-refractivity contribution in [2.24, 2.45) is 0 Å². The van der Waals surface area contributed by atoms with Crippen molar-refractivity contribution in [2.75, 3.05) is 37.9 Å². The highest BCUT2D eigenvalue weighted by molar-refractivity contribution is 7.99. The molecule has 2 aromatic carbocycles. The zero-order valence-corrected chi connectivity index (χ0v) is 18.8. The Kier molecular flexibility index (Phi) is 8.32. The van der Waals surface area contributed by atoms with Crippen LogP contribution in [0.15, 0.2) is 58.3 Å². The molecule has 162 valence electrons. The van der Waals surface area contributed by atoms with E-state index in [1.807, 2.05) is 18.2 Å². The van der Waals surface area contributed by atoms with Crippen LogP contribution in [-0.2, 0) is 14.8 Å². The number of hydrogen-bond donors (Lipinski definition) is 1. The number of ether oxygens (including phenoxy) is 1. The van der Waals surface area contributed by atoms with Gasteiger partial charge in [0.25, 0.3) is 5.91 Å². The molecule has 0 bridgehead atoms. The maximum absolute atomic E-state index is 12.9. The first-order valence-corrected chi connectivity index (χ1v) is 12.6. The fourth-order valence-corrected chi connectivity index (χ4v) is 5.83. The van der Waals surface area contributed by atoms with Gasteiger partial charge in [-0.3, -0.25) is 4.79 Å². The predicted molar refractivity (Wildman–Crippen MR) is 121 cm³/mol. The number of carbonyl (C=O) groups excluding carboxylic acids is 1. The van der Waals surface area contributed by atoms with Gasteiger partial charge in [0.2, 0.25) is 10.0 Å². The Hall–Kier alpha value is -1.87. The van der Waals surface area contributed by atoms with E-state index in [9.17, 15) is 13.2 Å². The van der Waals surface area contributed by atoms with Gasteiger partial charge < -0.3 is 10.1 Å². The predicted octanol–water partition coefficient (Wildman–Crippen LogP) is 4.24. The third kappa shape index (κ3) is 5.85. The molecule has 8 heteroatoms. The van der Waals surface area contributed by atoms with Crippen molar-refractivity contribution in [1.29, 1.82) is 0 Å². The molecule has 1 heterocycles. The quantitative estimate of drug-likeness (QED) is 0.483. The summed E-state index contributed by atoms with van der Waals surface area (Å²) in [5.41, 5.74) is 1.14. The van der Waals surface area contributed by atoms with Crippen LogP contribution in [0.25, 0.3) is 0 Å². The van der Waals surface area contributed by atoms with Gasteiger partial charge in [-0.25, -0.2) is 8.42 Å². The lowest BCUT2D eigenvalue weighted by molar-refractivity contribution is 0.102. The van der Waals surface area contributed by atoms with Crippen LogP contribution in [0, 0.1) is 0 Å². The molecule has 0 radical (unpaired) electrons. The van der Waals surface area contributed by atoms with E-state index in [4.69, 9.17) is 4.74 Å². The minimum Gasteiger partial charge on any atom is -0.384 e. The average Bonchev–Trinajstić information content (AvgIpc) is 3.05. The summed E-state index contributed by atoms with van der Waals surface area (Å²) >= 11 is 1.56. The first-order chi connectivity index (χ1) is 14.5. The van der Waals surface area contributed by atoms with E-state index in [-0.39, 0.29) is 10.8 Å². The van der Waals surface area contributed by atoms with Gasteiger partial charge in [-0.15, -0.1) is 11.8 Å². The van der Waals surface area contributed by atoms with Crippen molar-refractivity contribution >= 4 is 33.4 Å². The zero-order valence-electron chi connectivity index (χ0n) is 17.2. The Bertz CT molecular complexity index is 938. The zero-order chi connectivity index (χ0) is 21.4. The number of nitrogens with one attached hydrogen (secondary N) is 1. The first kappa shape index (κ1) is 22.8. The molecular formula is C22H28N2O4S2. The fourth-order valence-electron chi connectivity index (χ4n) is 3.35. The van der Waals surface area contributed by atoms with Crippen molar-refractivity contribution in [2.45, 2.75) is 35.5 Å². The molecule has 0 saturated carbocycles. The molecule has 0 atom stereocenters. The lowest BCUT2D eigenvalue weighted by atomic mass is 10.2. The summed E-state index contributed by atoms with van der Waals surface area (Å²) < 4.78 is 32.4. The Morgan fingerprint density at radius 3 is 2.37 bits per heavy atom. The maximum atomic E-state index is 12.9. The van der Waals surface area contributed by atoms with Crippen molar-refractivity contribution in [3.8, 4) is 0 Å². The largest absolute Gasteiger partial charge is 0.384 e. The second-order valence-electron chi connectivity index (χ2n) is 7.13. The SMILES string of the molecule is COCCSc1ccccc1C(=O)Nc1ccc(S(=O)(=O)N2CCCCCC2)cc1. The van der Waals surface area contributed by atoms with Gasteiger partial charge in [-0.2, -0.15) is 4.31 Å². The summed E-state index contributed by atoms with van der Waals surface area (Å²) in [6.45, 7) is 1.74. The Balaban J connectivity index is 1.69. The van der Waals surface area contributed by atoms with Crippen LogP contribution in [0.2, 0.25) is 0 Å². The molecule has 1 saturated heterocycles. The molecule has 3 rings (SSSR count). The number of anilines is 1. The third-order valence-electron chi connectivity index (χ3n) is 4.99. The van der Waals surface area contributed by atoms with Crippen LogP contribution in [0.4, 0.5) is 5.69 Å². The monoisotopic (exact) mass is 448 g/mol. The van der Waals surface area contributed by atoms with Crippen molar-refractivity contribution < 1.29 is 17.9 Å². The number of sulfonamides is 1. The van der Waals surface area contributed by atoms with Crippen molar-refractivity contribution in [1.82, 2.24) is 4.31 Å². The second kappa shape index (κ2) is 10.9. The molecule has 2 aromatic rings. The number of rotatable bonds is 8. The third-order valence-corrected chi connectivity index (χ3v) is 7.94. The van der Waals surface area contributed by atoms with E-state index in [0.29, 0.717) is 30.9 Å². The summed E-state index contributed by atoms with van der Waals surface area (Å²) in [6.07, 6.45) is 3.94.